The van der Waals surface area contributed by atoms with Crippen LogP contribution in [-0.4, -0.2) is 24.1 Å². The predicted molar refractivity (Wildman–Crippen MR) is 67.1 cm³/mol. The van der Waals surface area contributed by atoms with E-state index in [1.807, 2.05) is 6.20 Å². The highest BCUT2D eigenvalue weighted by Gasteiger charge is 2.27. The molecule has 16 heavy (non-hydrogen) atoms. The molecule has 1 aromatic heterocycles. The predicted octanol–water partition coefficient (Wildman–Crippen LogP) is 2.56. The minimum absolute atomic E-state index is 0.732. The minimum atomic E-state index is 0.732. The van der Waals surface area contributed by atoms with Gasteiger partial charge < -0.3 is 10.2 Å². The third-order valence-corrected chi connectivity index (χ3v) is 3.71. The summed E-state index contributed by atoms with van der Waals surface area (Å²) in [4.78, 5) is 7.12. The molecule has 0 radical (unpaired) electrons. The van der Waals surface area contributed by atoms with Crippen molar-refractivity contribution < 1.29 is 0 Å². The number of fused-ring (bicyclic) bond motifs is 1. The van der Waals surface area contributed by atoms with Gasteiger partial charge in [-0.05, 0) is 31.4 Å². The van der Waals surface area contributed by atoms with E-state index in [2.05, 4.69) is 28.2 Å². The first-order valence-electron chi connectivity index (χ1n) is 6.32. The molecule has 3 rings (SSSR count). The van der Waals surface area contributed by atoms with Crippen molar-refractivity contribution >= 4 is 11.5 Å². The van der Waals surface area contributed by atoms with Crippen molar-refractivity contribution in [1.82, 2.24) is 4.98 Å². The molecular formula is C13H19N3. The summed E-state index contributed by atoms with van der Waals surface area (Å²) in [6.07, 6.45) is 7.43. The first-order valence-corrected chi connectivity index (χ1v) is 6.32. The van der Waals surface area contributed by atoms with Crippen molar-refractivity contribution in [3.63, 3.8) is 0 Å². The van der Waals surface area contributed by atoms with E-state index in [1.54, 1.807) is 0 Å². The molecule has 1 aromatic rings. The number of nitrogens with one attached hydrogen (secondary N) is 1. The van der Waals surface area contributed by atoms with Crippen LogP contribution in [0, 0.1) is 6.92 Å². The van der Waals surface area contributed by atoms with Gasteiger partial charge in [-0.3, -0.25) is 0 Å². The summed E-state index contributed by atoms with van der Waals surface area (Å²) in [5.41, 5.74) is 2.46. The fourth-order valence-electron chi connectivity index (χ4n) is 2.91. The maximum absolute atomic E-state index is 4.61. The molecule has 1 N–H and O–H groups in total. The van der Waals surface area contributed by atoms with Crippen molar-refractivity contribution in [1.29, 1.82) is 0 Å². The van der Waals surface area contributed by atoms with E-state index in [9.17, 15) is 0 Å². The van der Waals surface area contributed by atoms with E-state index in [1.165, 1.54) is 42.8 Å². The zero-order valence-electron chi connectivity index (χ0n) is 9.87. The molecule has 0 spiro atoms. The first-order chi connectivity index (χ1) is 7.84. The molecule has 0 atom stereocenters. The smallest absolute Gasteiger partial charge is 0.152 e. The quantitative estimate of drug-likeness (QED) is 0.783. The average Bonchev–Trinajstić information content (AvgIpc) is 2.81. The molecule has 1 saturated carbocycles. The van der Waals surface area contributed by atoms with Gasteiger partial charge in [-0.2, -0.15) is 0 Å². The monoisotopic (exact) mass is 217 g/mol. The number of rotatable bonds is 1. The zero-order chi connectivity index (χ0) is 11.0. The highest BCUT2D eigenvalue weighted by molar-refractivity contribution is 5.68. The van der Waals surface area contributed by atoms with Crippen LogP contribution >= 0.6 is 0 Å². The topological polar surface area (TPSA) is 28.2 Å². The summed E-state index contributed by atoms with van der Waals surface area (Å²) in [7, 11) is 0. The van der Waals surface area contributed by atoms with Crippen LogP contribution in [0.25, 0.3) is 0 Å². The standard InChI is InChI=1S/C13H19N3/c1-10-8-12-13(15-9-10)16(7-6-14-12)11-4-2-3-5-11/h8-9,11,14H,2-7H2,1H3. The van der Waals surface area contributed by atoms with E-state index >= 15 is 0 Å². The molecule has 0 unspecified atom stereocenters. The Kier molecular flexibility index (Phi) is 2.46. The van der Waals surface area contributed by atoms with Crippen LogP contribution in [-0.2, 0) is 0 Å². The summed E-state index contributed by atoms with van der Waals surface area (Å²) in [5.74, 6) is 1.17. The number of nitrogens with zero attached hydrogens (tertiary/aromatic N) is 2. The van der Waals surface area contributed by atoms with Crippen molar-refractivity contribution in [3.8, 4) is 0 Å². The third-order valence-electron chi connectivity index (χ3n) is 3.71. The Morgan fingerprint density at radius 2 is 2.19 bits per heavy atom. The largest absolute Gasteiger partial charge is 0.380 e. The van der Waals surface area contributed by atoms with Gasteiger partial charge in [0.25, 0.3) is 0 Å². The molecule has 1 aliphatic carbocycles. The van der Waals surface area contributed by atoms with Gasteiger partial charge in [0, 0.05) is 25.3 Å². The zero-order valence-corrected chi connectivity index (χ0v) is 9.87. The number of aromatic nitrogens is 1. The normalized spacial score (nSPS) is 20.7. The molecule has 3 nitrogen and oxygen atoms in total. The fraction of sp³-hybridized carbons (Fsp3) is 0.615. The molecule has 3 heteroatoms. The van der Waals surface area contributed by atoms with E-state index in [-0.39, 0.29) is 0 Å². The molecule has 86 valence electrons. The van der Waals surface area contributed by atoms with E-state index in [0.29, 0.717) is 0 Å². The Morgan fingerprint density at radius 3 is 3.00 bits per heavy atom. The first kappa shape index (κ1) is 9.94. The van der Waals surface area contributed by atoms with E-state index in [0.717, 1.165) is 19.1 Å². The lowest BCUT2D eigenvalue weighted by molar-refractivity contribution is 0.599. The minimum Gasteiger partial charge on any atom is -0.380 e. The lowest BCUT2D eigenvalue weighted by atomic mass is 10.1. The summed E-state index contributed by atoms with van der Waals surface area (Å²) in [5, 5.41) is 3.45. The Labute approximate surface area is 96.9 Å². The number of pyridine rings is 1. The van der Waals surface area contributed by atoms with Gasteiger partial charge in [0.05, 0.1) is 5.69 Å². The summed E-state index contributed by atoms with van der Waals surface area (Å²) in [6, 6.07) is 2.94. The van der Waals surface area contributed by atoms with Gasteiger partial charge in [0.1, 0.15) is 0 Å². The van der Waals surface area contributed by atoms with Gasteiger partial charge in [-0.15, -0.1) is 0 Å². The SMILES string of the molecule is Cc1cnc2c(c1)NCCN2C1CCCC1. The second-order valence-corrected chi connectivity index (χ2v) is 4.94. The molecule has 0 aromatic carbocycles. The Morgan fingerprint density at radius 1 is 1.38 bits per heavy atom. The fourth-order valence-corrected chi connectivity index (χ4v) is 2.91. The van der Waals surface area contributed by atoms with Crippen LogP contribution in [0.5, 0.6) is 0 Å². The summed E-state index contributed by atoms with van der Waals surface area (Å²) >= 11 is 0. The maximum atomic E-state index is 4.61. The van der Waals surface area contributed by atoms with Gasteiger partial charge >= 0.3 is 0 Å². The van der Waals surface area contributed by atoms with Gasteiger partial charge in [0.15, 0.2) is 5.82 Å². The van der Waals surface area contributed by atoms with Gasteiger partial charge in [-0.25, -0.2) is 4.98 Å². The molecule has 1 fully saturated rings. The molecule has 1 aliphatic heterocycles. The van der Waals surface area contributed by atoms with Crippen molar-refractivity contribution in [2.24, 2.45) is 0 Å². The third kappa shape index (κ3) is 1.64. The number of aryl methyl sites for hydroxylation is 1. The number of hydrogen-bond donors (Lipinski definition) is 1. The van der Waals surface area contributed by atoms with E-state index in [4.69, 9.17) is 0 Å². The van der Waals surface area contributed by atoms with Crippen molar-refractivity contribution in [2.75, 3.05) is 23.3 Å². The molecule has 0 amide bonds. The maximum Gasteiger partial charge on any atom is 0.152 e. The Hall–Kier alpha value is -1.25. The molecule has 2 heterocycles. The van der Waals surface area contributed by atoms with Crippen molar-refractivity contribution in [3.05, 3.63) is 17.8 Å². The van der Waals surface area contributed by atoms with Gasteiger partial charge in [-0.1, -0.05) is 12.8 Å². The second kappa shape index (κ2) is 3.96. The molecular weight excluding hydrogens is 198 g/mol. The highest BCUT2D eigenvalue weighted by Crippen LogP contribution is 2.33. The van der Waals surface area contributed by atoms with Crippen LogP contribution in [0.4, 0.5) is 11.5 Å². The summed E-state index contributed by atoms with van der Waals surface area (Å²) < 4.78 is 0. The highest BCUT2D eigenvalue weighted by atomic mass is 15.3. The lowest BCUT2D eigenvalue weighted by Crippen LogP contribution is -2.41. The van der Waals surface area contributed by atoms with Crippen LogP contribution in [0.15, 0.2) is 12.3 Å². The van der Waals surface area contributed by atoms with E-state index < -0.39 is 0 Å². The van der Waals surface area contributed by atoms with Crippen LogP contribution in [0.1, 0.15) is 31.2 Å². The van der Waals surface area contributed by atoms with Gasteiger partial charge in [0.2, 0.25) is 0 Å². The summed E-state index contributed by atoms with van der Waals surface area (Å²) in [6.45, 7) is 4.26. The van der Waals surface area contributed by atoms with Crippen molar-refractivity contribution in [2.45, 2.75) is 38.6 Å². The van der Waals surface area contributed by atoms with Crippen LogP contribution in [0.2, 0.25) is 0 Å². The Balaban J connectivity index is 1.93. The van der Waals surface area contributed by atoms with Crippen LogP contribution < -0.4 is 10.2 Å². The lowest BCUT2D eigenvalue weighted by Gasteiger charge is -2.35. The second-order valence-electron chi connectivity index (χ2n) is 4.94. The Bertz CT molecular complexity index is 383. The molecule has 0 bridgehead atoms. The van der Waals surface area contributed by atoms with Crippen LogP contribution in [0.3, 0.4) is 0 Å². The molecule has 0 saturated heterocycles. The molecule has 2 aliphatic rings. The average molecular weight is 217 g/mol. The number of anilines is 2. The number of hydrogen-bond acceptors (Lipinski definition) is 3.